The largest absolute Gasteiger partial charge is 0.458 e. The first-order valence-electron chi connectivity index (χ1n) is 5.48. The Labute approximate surface area is 102 Å². The van der Waals surface area contributed by atoms with E-state index in [1.165, 1.54) is 18.2 Å². The topological polar surface area (TPSA) is 12.0 Å². The number of alkyl halides is 5. The molecule has 1 aromatic carbocycles. The molecule has 0 fully saturated rings. The Bertz CT molecular complexity index is 386. The molecule has 1 aromatic rings. The number of nitrogens with one attached hydrogen (secondary N) is 1. The van der Waals surface area contributed by atoms with Gasteiger partial charge in [-0.3, -0.25) is 0 Å². The van der Waals surface area contributed by atoms with Crippen molar-refractivity contribution in [3.8, 4) is 0 Å². The number of aryl methyl sites for hydroxylation is 1. The Hall–Kier alpha value is -1.17. The van der Waals surface area contributed by atoms with Crippen molar-refractivity contribution in [3.05, 3.63) is 35.4 Å². The molecule has 0 aliphatic rings. The highest BCUT2D eigenvalue weighted by Crippen LogP contribution is 2.45. The van der Waals surface area contributed by atoms with Gasteiger partial charge >= 0.3 is 12.1 Å². The number of hydrogen-bond acceptors (Lipinski definition) is 1. The first-order chi connectivity index (χ1) is 8.30. The lowest BCUT2D eigenvalue weighted by Gasteiger charge is -2.22. The molecule has 0 amide bonds. The van der Waals surface area contributed by atoms with Gasteiger partial charge < -0.3 is 5.32 Å². The van der Waals surface area contributed by atoms with E-state index in [0.717, 1.165) is 6.07 Å². The van der Waals surface area contributed by atoms with Crippen LogP contribution in [0.2, 0.25) is 0 Å². The number of halogens is 5. The summed E-state index contributed by atoms with van der Waals surface area (Å²) in [6, 6.07) is 4.80. The van der Waals surface area contributed by atoms with Crippen LogP contribution in [0, 0.1) is 0 Å². The summed E-state index contributed by atoms with van der Waals surface area (Å²) >= 11 is 0. The molecule has 102 valence electrons. The molecule has 0 saturated carbocycles. The predicted molar refractivity (Wildman–Crippen MR) is 58.6 cm³/mol. The maximum atomic E-state index is 13.3. The van der Waals surface area contributed by atoms with Gasteiger partial charge in [-0.15, -0.1) is 0 Å². The predicted octanol–water partition coefficient (Wildman–Crippen LogP) is 3.49. The van der Waals surface area contributed by atoms with Crippen molar-refractivity contribution in [2.45, 2.75) is 24.9 Å². The molecular weight excluding hydrogens is 253 g/mol. The molecule has 1 N–H and O–H groups in total. The third kappa shape index (κ3) is 3.19. The molecule has 0 aliphatic carbocycles. The van der Waals surface area contributed by atoms with Gasteiger partial charge in [-0.2, -0.15) is 22.0 Å². The van der Waals surface area contributed by atoms with Gasteiger partial charge in [-0.25, -0.2) is 0 Å². The molecule has 0 aromatic heterocycles. The highest BCUT2D eigenvalue weighted by Gasteiger charge is 2.59. The van der Waals surface area contributed by atoms with E-state index in [9.17, 15) is 22.0 Å². The number of rotatable bonds is 5. The van der Waals surface area contributed by atoms with Crippen LogP contribution in [0.3, 0.4) is 0 Å². The third-order valence-corrected chi connectivity index (χ3v) is 2.58. The monoisotopic (exact) mass is 267 g/mol. The fourth-order valence-corrected chi connectivity index (χ4v) is 1.65. The molecule has 0 aliphatic heterocycles. The Morgan fingerprint density at radius 3 is 2.22 bits per heavy atom. The highest BCUT2D eigenvalue weighted by molar-refractivity contribution is 5.32. The van der Waals surface area contributed by atoms with Crippen molar-refractivity contribution in [2.75, 3.05) is 13.6 Å². The fourth-order valence-electron chi connectivity index (χ4n) is 1.65. The van der Waals surface area contributed by atoms with E-state index in [2.05, 4.69) is 5.32 Å². The second kappa shape index (κ2) is 5.65. The average molecular weight is 267 g/mol. The highest BCUT2D eigenvalue weighted by atomic mass is 19.4. The van der Waals surface area contributed by atoms with E-state index in [1.54, 1.807) is 7.05 Å². The summed E-state index contributed by atoms with van der Waals surface area (Å²) in [5, 5.41) is 2.82. The molecule has 1 nitrogen and oxygen atoms in total. The standard InChI is InChI=1S/C12H14F5N/c1-18-8-4-6-9-5-2-3-7-10(9)11(13,14)12(15,16)17/h2-3,5,7,18H,4,6,8H2,1H3. The molecule has 0 unspecified atom stereocenters. The maximum Gasteiger partial charge on any atom is 0.458 e. The van der Waals surface area contributed by atoms with Crippen LogP contribution in [-0.2, 0) is 12.3 Å². The molecule has 0 bridgehead atoms. The van der Waals surface area contributed by atoms with E-state index in [0.29, 0.717) is 13.0 Å². The van der Waals surface area contributed by atoms with Crippen molar-refractivity contribution in [2.24, 2.45) is 0 Å². The minimum Gasteiger partial charge on any atom is -0.320 e. The quantitative estimate of drug-likeness (QED) is 0.636. The lowest BCUT2D eigenvalue weighted by atomic mass is 9.97. The minimum absolute atomic E-state index is 0.0371. The molecule has 6 heteroatoms. The molecule has 0 radical (unpaired) electrons. The van der Waals surface area contributed by atoms with Crippen LogP contribution in [0.15, 0.2) is 24.3 Å². The number of hydrogen-bond donors (Lipinski definition) is 1. The zero-order valence-corrected chi connectivity index (χ0v) is 9.82. The molecule has 0 spiro atoms. The van der Waals surface area contributed by atoms with Crippen molar-refractivity contribution < 1.29 is 22.0 Å². The smallest absolute Gasteiger partial charge is 0.320 e. The summed E-state index contributed by atoms with van der Waals surface area (Å²) in [6.07, 6.45) is -4.88. The number of benzene rings is 1. The van der Waals surface area contributed by atoms with Crippen LogP contribution in [0.5, 0.6) is 0 Å². The van der Waals surface area contributed by atoms with Crippen LogP contribution in [0.4, 0.5) is 22.0 Å². The second-order valence-electron chi connectivity index (χ2n) is 3.94. The molecule has 0 heterocycles. The van der Waals surface area contributed by atoms with Gasteiger partial charge in [0, 0.05) is 5.56 Å². The fraction of sp³-hybridized carbons (Fsp3) is 0.500. The Kier molecular flexibility index (Phi) is 4.67. The van der Waals surface area contributed by atoms with E-state index in [1.807, 2.05) is 0 Å². The van der Waals surface area contributed by atoms with Crippen LogP contribution < -0.4 is 5.32 Å². The van der Waals surface area contributed by atoms with Gasteiger partial charge in [0.15, 0.2) is 0 Å². The van der Waals surface area contributed by atoms with Crippen LogP contribution in [-0.4, -0.2) is 19.8 Å². The molecule has 0 atom stereocenters. The zero-order chi connectivity index (χ0) is 13.8. The molecule has 0 saturated heterocycles. The van der Waals surface area contributed by atoms with Crippen LogP contribution in [0.25, 0.3) is 0 Å². The Balaban J connectivity index is 3.01. The van der Waals surface area contributed by atoms with Crippen LogP contribution >= 0.6 is 0 Å². The second-order valence-corrected chi connectivity index (χ2v) is 3.94. The van der Waals surface area contributed by atoms with E-state index < -0.39 is 17.7 Å². The van der Waals surface area contributed by atoms with E-state index in [-0.39, 0.29) is 12.0 Å². The summed E-state index contributed by atoms with van der Waals surface area (Å²) in [5.74, 6) is -4.80. The maximum absolute atomic E-state index is 13.3. The Morgan fingerprint density at radius 2 is 1.67 bits per heavy atom. The lowest BCUT2D eigenvalue weighted by Crippen LogP contribution is -2.34. The van der Waals surface area contributed by atoms with Crippen molar-refractivity contribution in [3.63, 3.8) is 0 Å². The summed E-state index contributed by atoms with van der Waals surface area (Å²) < 4.78 is 63.6. The van der Waals surface area contributed by atoms with Gasteiger partial charge in [0.05, 0.1) is 0 Å². The normalized spacial score (nSPS) is 12.8. The van der Waals surface area contributed by atoms with E-state index in [4.69, 9.17) is 0 Å². The molecule has 1 rings (SSSR count). The first-order valence-corrected chi connectivity index (χ1v) is 5.48. The zero-order valence-electron chi connectivity index (χ0n) is 9.82. The van der Waals surface area contributed by atoms with Crippen molar-refractivity contribution in [1.29, 1.82) is 0 Å². The molecule has 18 heavy (non-hydrogen) atoms. The van der Waals surface area contributed by atoms with Crippen molar-refractivity contribution >= 4 is 0 Å². The summed E-state index contributed by atoms with van der Waals surface area (Å²) in [6.45, 7) is 0.561. The van der Waals surface area contributed by atoms with Crippen LogP contribution in [0.1, 0.15) is 17.5 Å². The third-order valence-electron chi connectivity index (χ3n) is 2.58. The van der Waals surface area contributed by atoms with Gasteiger partial charge in [0.1, 0.15) is 0 Å². The average Bonchev–Trinajstić information content (AvgIpc) is 2.28. The lowest BCUT2D eigenvalue weighted by molar-refractivity contribution is -0.289. The van der Waals surface area contributed by atoms with Gasteiger partial charge in [0.25, 0.3) is 0 Å². The van der Waals surface area contributed by atoms with E-state index >= 15 is 0 Å². The Morgan fingerprint density at radius 1 is 1.06 bits per heavy atom. The summed E-state index contributed by atoms with van der Waals surface area (Å²) in [5.41, 5.74) is -0.913. The SMILES string of the molecule is CNCCCc1ccccc1C(F)(F)C(F)(F)F. The van der Waals surface area contributed by atoms with Crippen molar-refractivity contribution in [1.82, 2.24) is 5.32 Å². The first kappa shape index (κ1) is 14.9. The summed E-state index contributed by atoms with van der Waals surface area (Å²) in [7, 11) is 1.69. The van der Waals surface area contributed by atoms with Gasteiger partial charge in [-0.05, 0) is 32.0 Å². The molecular formula is C12H14F5N. The van der Waals surface area contributed by atoms with Gasteiger partial charge in [-0.1, -0.05) is 24.3 Å². The minimum atomic E-state index is -5.56. The van der Waals surface area contributed by atoms with Gasteiger partial charge in [0.2, 0.25) is 0 Å². The summed E-state index contributed by atoms with van der Waals surface area (Å²) in [4.78, 5) is 0.